The van der Waals surface area contributed by atoms with Gasteiger partial charge in [-0.15, -0.1) is 0 Å². The normalized spacial score (nSPS) is 15.4. The van der Waals surface area contributed by atoms with Gasteiger partial charge in [0, 0.05) is 31.9 Å². The molecule has 1 aliphatic heterocycles. The van der Waals surface area contributed by atoms with E-state index in [2.05, 4.69) is 36.3 Å². The molecule has 0 N–H and O–H groups in total. The molecule has 4 rings (SSSR count). The van der Waals surface area contributed by atoms with E-state index in [1.165, 1.54) is 9.87 Å². The van der Waals surface area contributed by atoms with Crippen LogP contribution in [0.4, 0.5) is 0 Å². The quantitative estimate of drug-likeness (QED) is 0.558. The fourth-order valence-electron chi connectivity index (χ4n) is 4.38. The van der Waals surface area contributed by atoms with E-state index < -0.39 is 10.0 Å². The van der Waals surface area contributed by atoms with Crippen molar-refractivity contribution in [2.75, 3.05) is 26.2 Å². The highest BCUT2D eigenvalue weighted by molar-refractivity contribution is 7.89. The van der Waals surface area contributed by atoms with Crippen molar-refractivity contribution >= 4 is 15.9 Å². The summed E-state index contributed by atoms with van der Waals surface area (Å²) >= 11 is 0. The number of rotatable bonds is 5. The summed E-state index contributed by atoms with van der Waals surface area (Å²) in [7, 11) is -3.59. The largest absolute Gasteiger partial charge is 0.337 e. The van der Waals surface area contributed by atoms with Crippen molar-refractivity contribution in [1.82, 2.24) is 19.0 Å². The fraction of sp³-hybridized carbons (Fsp3) is 0.385. The molecule has 0 saturated carbocycles. The van der Waals surface area contributed by atoms with Gasteiger partial charge in [-0.3, -0.25) is 9.48 Å². The molecule has 2 aromatic carbocycles. The minimum absolute atomic E-state index is 0.0836. The van der Waals surface area contributed by atoms with Crippen LogP contribution in [0, 0.1) is 27.7 Å². The maximum atomic E-state index is 13.5. The van der Waals surface area contributed by atoms with Crippen molar-refractivity contribution < 1.29 is 13.2 Å². The number of amides is 1. The molecule has 1 aliphatic rings. The smallest absolute Gasteiger partial charge is 0.257 e. The van der Waals surface area contributed by atoms with Gasteiger partial charge in [0.15, 0.2) is 0 Å². The lowest BCUT2D eigenvalue weighted by molar-refractivity contribution is 0.0762. The molecule has 1 saturated heterocycles. The van der Waals surface area contributed by atoms with E-state index in [1.807, 2.05) is 25.5 Å². The molecule has 0 spiro atoms. The van der Waals surface area contributed by atoms with Crippen LogP contribution < -0.4 is 0 Å². The van der Waals surface area contributed by atoms with Crippen LogP contribution in [0.1, 0.15) is 44.9 Å². The van der Waals surface area contributed by atoms with Crippen molar-refractivity contribution in [2.24, 2.45) is 0 Å². The number of hydrogen-bond acceptors (Lipinski definition) is 4. The van der Waals surface area contributed by atoms with Gasteiger partial charge in [0.1, 0.15) is 0 Å². The third-order valence-electron chi connectivity index (χ3n) is 6.45. The number of aryl methyl sites for hydroxylation is 3. The Morgan fingerprint density at radius 2 is 1.47 bits per heavy atom. The lowest BCUT2D eigenvalue weighted by Gasteiger charge is -2.22. The van der Waals surface area contributed by atoms with Gasteiger partial charge < -0.3 is 4.90 Å². The van der Waals surface area contributed by atoms with E-state index in [0.29, 0.717) is 48.8 Å². The molecule has 1 amide bonds. The van der Waals surface area contributed by atoms with Crippen LogP contribution in [-0.2, 0) is 16.6 Å². The van der Waals surface area contributed by atoms with Crippen LogP contribution in [0.5, 0.6) is 0 Å². The SMILES string of the molecule is Cc1ccc(Cn2nc(C)c(C(=O)N3CCCN(S(=O)(=O)c4ccc(C)cc4)CC3)c2C)cc1. The first-order valence-corrected chi connectivity index (χ1v) is 13.1. The maximum Gasteiger partial charge on any atom is 0.257 e. The van der Waals surface area contributed by atoms with Gasteiger partial charge in [-0.25, -0.2) is 8.42 Å². The van der Waals surface area contributed by atoms with E-state index in [-0.39, 0.29) is 12.5 Å². The maximum absolute atomic E-state index is 13.5. The van der Waals surface area contributed by atoms with Crippen LogP contribution >= 0.6 is 0 Å². The molecule has 1 fully saturated rings. The summed E-state index contributed by atoms with van der Waals surface area (Å²) in [5.74, 6) is -0.0836. The van der Waals surface area contributed by atoms with E-state index in [9.17, 15) is 13.2 Å². The average Bonchev–Trinajstić information content (AvgIpc) is 2.97. The van der Waals surface area contributed by atoms with Gasteiger partial charge in [0.05, 0.1) is 22.7 Å². The second-order valence-corrected chi connectivity index (χ2v) is 11.0. The summed E-state index contributed by atoms with van der Waals surface area (Å²) < 4.78 is 29.6. The van der Waals surface area contributed by atoms with Crippen molar-refractivity contribution in [3.8, 4) is 0 Å². The summed E-state index contributed by atoms with van der Waals surface area (Å²) in [5, 5.41) is 4.63. The van der Waals surface area contributed by atoms with Crippen LogP contribution in [0.25, 0.3) is 0 Å². The zero-order valence-corrected chi connectivity index (χ0v) is 21.1. The number of sulfonamides is 1. The highest BCUT2D eigenvalue weighted by Gasteiger charge is 2.30. The first kappa shape index (κ1) is 24.2. The van der Waals surface area contributed by atoms with Gasteiger partial charge >= 0.3 is 0 Å². The number of aromatic nitrogens is 2. The van der Waals surface area contributed by atoms with Crippen LogP contribution in [0.15, 0.2) is 53.4 Å². The summed E-state index contributed by atoms with van der Waals surface area (Å²) in [6, 6.07) is 15.2. The molecule has 0 unspecified atom stereocenters. The Kier molecular flexibility index (Phi) is 6.91. The van der Waals surface area contributed by atoms with Gasteiger partial charge in [-0.2, -0.15) is 9.40 Å². The summed E-state index contributed by atoms with van der Waals surface area (Å²) in [4.78, 5) is 15.5. The molecule has 0 bridgehead atoms. The van der Waals surface area contributed by atoms with E-state index in [4.69, 9.17) is 0 Å². The number of benzene rings is 2. The molecule has 34 heavy (non-hydrogen) atoms. The molecule has 2 heterocycles. The van der Waals surface area contributed by atoms with Gasteiger partial charge in [-0.05, 0) is 51.8 Å². The number of carbonyl (C=O) groups excluding carboxylic acids is 1. The zero-order chi connectivity index (χ0) is 24.5. The molecule has 7 nitrogen and oxygen atoms in total. The van der Waals surface area contributed by atoms with Crippen molar-refractivity contribution in [1.29, 1.82) is 0 Å². The Bertz CT molecular complexity index is 1280. The number of hydrogen-bond donors (Lipinski definition) is 0. The molecule has 180 valence electrons. The van der Waals surface area contributed by atoms with E-state index in [0.717, 1.165) is 16.8 Å². The second-order valence-electron chi connectivity index (χ2n) is 9.05. The monoisotopic (exact) mass is 480 g/mol. The Morgan fingerprint density at radius 1 is 0.853 bits per heavy atom. The molecule has 1 aromatic heterocycles. The third-order valence-corrected chi connectivity index (χ3v) is 8.36. The lowest BCUT2D eigenvalue weighted by atomic mass is 10.1. The Labute approximate surface area is 202 Å². The molecular weight excluding hydrogens is 448 g/mol. The van der Waals surface area contributed by atoms with Crippen LogP contribution in [-0.4, -0.2) is 59.5 Å². The first-order chi connectivity index (χ1) is 16.2. The standard InChI is InChI=1S/C26H32N4O3S/c1-19-6-10-23(11-7-19)18-30-22(4)25(21(3)27-30)26(31)28-14-5-15-29(17-16-28)34(32,33)24-12-8-20(2)9-13-24/h6-13H,5,14-18H2,1-4H3. The minimum atomic E-state index is -3.59. The molecule has 8 heteroatoms. The second kappa shape index (κ2) is 9.72. The highest BCUT2D eigenvalue weighted by atomic mass is 32.2. The number of nitrogens with zero attached hydrogens (tertiary/aromatic N) is 4. The zero-order valence-electron chi connectivity index (χ0n) is 20.3. The van der Waals surface area contributed by atoms with Gasteiger partial charge in [-0.1, -0.05) is 47.5 Å². The molecular formula is C26H32N4O3S. The molecule has 0 aliphatic carbocycles. The van der Waals surface area contributed by atoms with Crippen LogP contribution in [0.3, 0.4) is 0 Å². The Hall–Kier alpha value is -2.97. The molecule has 0 atom stereocenters. The van der Waals surface area contributed by atoms with Crippen molar-refractivity contribution in [3.05, 3.63) is 82.2 Å². The predicted octanol–water partition coefficient (Wildman–Crippen LogP) is 3.70. The topological polar surface area (TPSA) is 75.5 Å². The lowest BCUT2D eigenvalue weighted by Crippen LogP contribution is -2.37. The first-order valence-electron chi connectivity index (χ1n) is 11.6. The Morgan fingerprint density at radius 3 is 2.12 bits per heavy atom. The fourth-order valence-corrected chi connectivity index (χ4v) is 5.85. The van der Waals surface area contributed by atoms with E-state index >= 15 is 0 Å². The summed E-state index contributed by atoms with van der Waals surface area (Å²) in [6.45, 7) is 9.90. The summed E-state index contributed by atoms with van der Waals surface area (Å²) in [6.07, 6.45) is 0.590. The van der Waals surface area contributed by atoms with Crippen LogP contribution in [0.2, 0.25) is 0 Å². The highest BCUT2D eigenvalue weighted by Crippen LogP contribution is 2.21. The Balaban J connectivity index is 1.49. The molecule has 3 aromatic rings. The van der Waals surface area contributed by atoms with E-state index in [1.54, 1.807) is 29.2 Å². The predicted molar refractivity (Wildman–Crippen MR) is 132 cm³/mol. The molecule has 0 radical (unpaired) electrons. The minimum Gasteiger partial charge on any atom is -0.337 e. The summed E-state index contributed by atoms with van der Waals surface area (Å²) in [5.41, 5.74) is 5.48. The van der Waals surface area contributed by atoms with Crippen molar-refractivity contribution in [3.63, 3.8) is 0 Å². The number of carbonyl (C=O) groups is 1. The van der Waals surface area contributed by atoms with Gasteiger partial charge in [0.2, 0.25) is 10.0 Å². The van der Waals surface area contributed by atoms with Gasteiger partial charge in [0.25, 0.3) is 5.91 Å². The third kappa shape index (κ3) is 4.93. The average molecular weight is 481 g/mol. The van der Waals surface area contributed by atoms with Crippen molar-refractivity contribution in [2.45, 2.75) is 45.6 Å².